The number of rotatable bonds is 6. The number of carbonyl (C=O) groups is 1. The van der Waals surface area contributed by atoms with Gasteiger partial charge in [0.05, 0.1) is 11.9 Å². The van der Waals surface area contributed by atoms with Gasteiger partial charge in [0.2, 0.25) is 15.9 Å². The van der Waals surface area contributed by atoms with Crippen molar-refractivity contribution in [2.24, 2.45) is 0 Å². The summed E-state index contributed by atoms with van der Waals surface area (Å²) < 4.78 is 25.7. The Labute approximate surface area is 163 Å². The molecule has 0 aliphatic rings. The van der Waals surface area contributed by atoms with E-state index in [-0.39, 0.29) is 0 Å². The highest BCUT2D eigenvalue weighted by atomic mass is 35.5. The molecule has 0 saturated heterocycles. The molecule has 0 fully saturated rings. The summed E-state index contributed by atoms with van der Waals surface area (Å²) in [7, 11) is -3.69. The Morgan fingerprint density at radius 2 is 1.92 bits per heavy atom. The first kappa shape index (κ1) is 20.6. The zero-order chi connectivity index (χ0) is 19.5. The topological polar surface area (TPSA) is 66.5 Å². The van der Waals surface area contributed by atoms with Gasteiger partial charge in [0.1, 0.15) is 6.04 Å². The summed E-state index contributed by atoms with van der Waals surface area (Å²) in [4.78, 5) is 13.7. The molecule has 2 aromatic rings. The minimum Gasteiger partial charge on any atom is -0.324 e. The van der Waals surface area contributed by atoms with E-state index >= 15 is 0 Å². The lowest BCUT2D eigenvalue weighted by Gasteiger charge is -2.28. The molecule has 0 bridgehead atoms. The van der Waals surface area contributed by atoms with E-state index < -0.39 is 22.0 Å². The number of nitrogens with zero attached hydrogens (tertiary/aromatic N) is 1. The molecule has 0 radical (unpaired) electrons. The van der Waals surface area contributed by atoms with Crippen molar-refractivity contribution in [3.05, 3.63) is 53.1 Å². The third kappa shape index (κ3) is 4.93. The summed E-state index contributed by atoms with van der Waals surface area (Å²) >= 11 is 7.69. The van der Waals surface area contributed by atoms with Gasteiger partial charge in [-0.1, -0.05) is 23.7 Å². The second kappa shape index (κ2) is 8.33. The molecule has 0 aromatic heterocycles. The number of anilines is 2. The average Bonchev–Trinajstić information content (AvgIpc) is 2.57. The quantitative estimate of drug-likeness (QED) is 0.723. The van der Waals surface area contributed by atoms with Crippen molar-refractivity contribution < 1.29 is 13.2 Å². The van der Waals surface area contributed by atoms with E-state index in [0.717, 1.165) is 21.0 Å². The summed E-state index contributed by atoms with van der Waals surface area (Å²) in [5, 5.41) is 3.21. The van der Waals surface area contributed by atoms with Crippen LogP contribution in [0.1, 0.15) is 12.5 Å². The molecule has 1 atom stereocenters. The number of hydrogen-bond acceptors (Lipinski definition) is 4. The zero-order valence-electron chi connectivity index (χ0n) is 15.0. The Balaban J connectivity index is 2.32. The van der Waals surface area contributed by atoms with Crippen LogP contribution in [0.3, 0.4) is 0 Å². The zero-order valence-corrected chi connectivity index (χ0v) is 17.4. The SMILES string of the molecule is CSc1cccc(NC(=O)C(C)N(c2ccc(C)c(Cl)c2)S(C)(=O)=O)c1. The van der Waals surface area contributed by atoms with E-state index in [1.807, 2.05) is 31.4 Å². The van der Waals surface area contributed by atoms with Gasteiger partial charge >= 0.3 is 0 Å². The van der Waals surface area contributed by atoms with Gasteiger partial charge in [-0.2, -0.15) is 0 Å². The molecule has 1 N–H and O–H groups in total. The Bertz CT molecular complexity index is 916. The van der Waals surface area contributed by atoms with E-state index in [0.29, 0.717) is 16.4 Å². The van der Waals surface area contributed by atoms with E-state index in [1.165, 1.54) is 0 Å². The molecule has 0 aliphatic carbocycles. The van der Waals surface area contributed by atoms with Crippen LogP contribution in [0.5, 0.6) is 0 Å². The van der Waals surface area contributed by atoms with Gasteiger partial charge in [-0.15, -0.1) is 11.8 Å². The van der Waals surface area contributed by atoms with Gasteiger partial charge in [-0.05, 0) is 56.0 Å². The van der Waals surface area contributed by atoms with Crippen molar-refractivity contribution in [1.29, 1.82) is 0 Å². The number of hydrogen-bond donors (Lipinski definition) is 1. The van der Waals surface area contributed by atoms with Crippen LogP contribution in [0.2, 0.25) is 5.02 Å². The Hall–Kier alpha value is -1.70. The molecule has 1 unspecified atom stereocenters. The molecule has 26 heavy (non-hydrogen) atoms. The summed E-state index contributed by atoms with van der Waals surface area (Å²) in [5.74, 6) is -0.426. The normalized spacial score (nSPS) is 12.5. The monoisotopic (exact) mass is 412 g/mol. The van der Waals surface area contributed by atoms with Crippen LogP contribution >= 0.6 is 23.4 Å². The lowest BCUT2D eigenvalue weighted by atomic mass is 10.2. The lowest BCUT2D eigenvalue weighted by molar-refractivity contribution is -0.116. The number of thioether (sulfide) groups is 1. The number of carbonyl (C=O) groups excluding carboxylic acids is 1. The Morgan fingerprint density at radius 3 is 2.50 bits per heavy atom. The molecule has 2 rings (SSSR count). The molecule has 2 aromatic carbocycles. The smallest absolute Gasteiger partial charge is 0.247 e. The standard InChI is InChI=1S/C18H21ClN2O3S2/c1-12-8-9-15(11-17(12)19)21(26(4,23)24)13(2)18(22)20-14-6-5-7-16(10-14)25-3/h5-11,13H,1-4H3,(H,20,22). The predicted octanol–water partition coefficient (Wildman–Crippen LogP) is 4.16. The maximum absolute atomic E-state index is 12.7. The number of benzene rings is 2. The van der Waals surface area contributed by atoms with Gasteiger partial charge in [0.15, 0.2) is 0 Å². The van der Waals surface area contributed by atoms with E-state index in [1.54, 1.807) is 43.0 Å². The van der Waals surface area contributed by atoms with E-state index in [4.69, 9.17) is 11.6 Å². The van der Waals surface area contributed by atoms with Crippen molar-refractivity contribution in [3.63, 3.8) is 0 Å². The minimum absolute atomic E-state index is 0.351. The molecule has 140 valence electrons. The fourth-order valence-corrected chi connectivity index (χ4v) is 4.28. The first-order chi connectivity index (χ1) is 12.1. The fraction of sp³-hybridized carbons (Fsp3) is 0.278. The fourth-order valence-electron chi connectivity index (χ4n) is 2.48. The van der Waals surface area contributed by atoms with Crippen LogP contribution in [0.15, 0.2) is 47.4 Å². The minimum atomic E-state index is -3.69. The first-order valence-corrected chi connectivity index (χ1v) is 11.3. The summed E-state index contributed by atoms with van der Waals surface area (Å²) in [6.45, 7) is 3.37. The average molecular weight is 413 g/mol. The van der Waals surface area contributed by atoms with Crippen LogP contribution in [0.4, 0.5) is 11.4 Å². The molecule has 1 amide bonds. The summed E-state index contributed by atoms with van der Waals surface area (Å²) in [6, 6.07) is 11.3. The maximum atomic E-state index is 12.7. The molecular weight excluding hydrogens is 392 g/mol. The van der Waals surface area contributed by atoms with Crippen molar-refractivity contribution in [2.75, 3.05) is 22.1 Å². The van der Waals surface area contributed by atoms with Crippen molar-refractivity contribution >= 4 is 50.7 Å². The van der Waals surface area contributed by atoms with Crippen molar-refractivity contribution in [2.45, 2.75) is 24.8 Å². The number of nitrogens with one attached hydrogen (secondary N) is 1. The molecule has 0 heterocycles. The number of amides is 1. The molecule has 5 nitrogen and oxygen atoms in total. The van der Waals surface area contributed by atoms with Crippen LogP contribution in [0.25, 0.3) is 0 Å². The lowest BCUT2D eigenvalue weighted by Crippen LogP contribution is -2.45. The molecule has 0 aliphatic heterocycles. The molecule has 8 heteroatoms. The van der Waals surface area contributed by atoms with Crippen LogP contribution in [-0.4, -0.2) is 32.9 Å². The Kier molecular flexibility index (Phi) is 6.60. The number of aryl methyl sites for hydroxylation is 1. The molecular formula is C18H21ClN2O3S2. The highest BCUT2D eigenvalue weighted by Gasteiger charge is 2.29. The second-order valence-electron chi connectivity index (χ2n) is 5.89. The predicted molar refractivity (Wildman–Crippen MR) is 110 cm³/mol. The van der Waals surface area contributed by atoms with Gasteiger partial charge in [-0.25, -0.2) is 8.42 Å². The van der Waals surface area contributed by atoms with Crippen molar-refractivity contribution in [3.8, 4) is 0 Å². The van der Waals surface area contributed by atoms with Gasteiger partial charge in [0.25, 0.3) is 0 Å². The maximum Gasteiger partial charge on any atom is 0.247 e. The van der Waals surface area contributed by atoms with E-state index in [9.17, 15) is 13.2 Å². The molecule has 0 saturated carbocycles. The summed E-state index contributed by atoms with van der Waals surface area (Å²) in [6.07, 6.45) is 3.01. The second-order valence-corrected chi connectivity index (χ2v) is 9.04. The summed E-state index contributed by atoms with van der Waals surface area (Å²) in [5.41, 5.74) is 1.79. The van der Waals surface area contributed by atoms with E-state index in [2.05, 4.69) is 5.32 Å². The third-order valence-corrected chi connectivity index (χ3v) is 6.21. The van der Waals surface area contributed by atoms with Gasteiger partial charge in [-0.3, -0.25) is 9.10 Å². The highest BCUT2D eigenvalue weighted by Crippen LogP contribution is 2.27. The first-order valence-electron chi connectivity index (χ1n) is 7.84. The van der Waals surface area contributed by atoms with Crippen LogP contribution in [0, 0.1) is 6.92 Å². The molecule has 0 spiro atoms. The largest absolute Gasteiger partial charge is 0.324 e. The Morgan fingerprint density at radius 1 is 1.23 bits per heavy atom. The van der Waals surface area contributed by atoms with Crippen LogP contribution < -0.4 is 9.62 Å². The number of halogens is 1. The number of sulfonamides is 1. The van der Waals surface area contributed by atoms with Gasteiger partial charge in [0, 0.05) is 15.6 Å². The highest BCUT2D eigenvalue weighted by molar-refractivity contribution is 7.98. The third-order valence-electron chi connectivity index (χ3n) is 3.84. The van der Waals surface area contributed by atoms with Crippen LogP contribution in [-0.2, 0) is 14.8 Å². The van der Waals surface area contributed by atoms with Gasteiger partial charge < -0.3 is 5.32 Å². The van der Waals surface area contributed by atoms with Crippen molar-refractivity contribution in [1.82, 2.24) is 0 Å².